The first-order valence-electron chi connectivity index (χ1n) is 8.68. The van der Waals surface area contributed by atoms with Crippen LogP contribution in [0.4, 0.5) is 0 Å². The van der Waals surface area contributed by atoms with Crippen LogP contribution in [0.1, 0.15) is 23.5 Å². The smallest absolute Gasteiger partial charge is 0.274 e. The normalized spacial score (nSPS) is 11.0. The third-order valence-corrected chi connectivity index (χ3v) is 4.33. The maximum absolute atomic E-state index is 12.3. The Bertz CT molecular complexity index is 1000. The molecular formula is C19H23N5O2. The average molecular weight is 353 g/mol. The Morgan fingerprint density at radius 1 is 1.15 bits per heavy atom. The molecule has 2 aromatic heterocycles. The van der Waals surface area contributed by atoms with Gasteiger partial charge in [-0.05, 0) is 32.4 Å². The first-order valence-corrected chi connectivity index (χ1v) is 8.68. The largest absolute Gasteiger partial charge is 0.356 e. The lowest BCUT2D eigenvalue weighted by molar-refractivity contribution is -0.120. The second-order valence-corrected chi connectivity index (χ2v) is 6.45. The number of nitrogens with one attached hydrogen (secondary N) is 1. The molecule has 0 radical (unpaired) electrons. The van der Waals surface area contributed by atoms with Crippen LogP contribution < -0.4 is 10.9 Å². The molecule has 0 saturated heterocycles. The molecule has 0 aliphatic heterocycles. The Kier molecular flexibility index (Phi) is 5.16. The van der Waals surface area contributed by atoms with Crippen LogP contribution in [0.25, 0.3) is 10.8 Å². The van der Waals surface area contributed by atoms with E-state index in [0.29, 0.717) is 17.6 Å². The molecule has 136 valence electrons. The Hall–Kier alpha value is -2.96. The number of carbonyl (C=O) groups is 1. The Morgan fingerprint density at radius 2 is 1.88 bits per heavy atom. The second kappa shape index (κ2) is 7.51. The summed E-state index contributed by atoms with van der Waals surface area (Å²) >= 11 is 0. The highest BCUT2D eigenvalue weighted by Gasteiger charge is 2.12. The molecule has 0 atom stereocenters. The highest BCUT2D eigenvalue weighted by molar-refractivity contribution is 5.88. The molecule has 3 aromatic rings. The molecule has 0 aliphatic rings. The fraction of sp³-hybridized carbons (Fsp3) is 0.368. The number of amides is 1. The van der Waals surface area contributed by atoms with E-state index in [4.69, 9.17) is 0 Å². The first kappa shape index (κ1) is 17.8. The van der Waals surface area contributed by atoms with Crippen molar-refractivity contribution in [3.05, 3.63) is 57.8 Å². The van der Waals surface area contributed by atoms with Crippen LogP contribution in [0.15, 0.2) is 35.1 Å². The van der Waals surface area contributed by atoms with Gasteiger partial charge in [-0.3, -0.25) is 14.3 Å². The summed E-state index contributed by atoms with van der Waals surface area (Å²) in [5, 5.41) is 12.9. The maximum Gasteiger partial charge on any atom is 0.274 e. The summed E-state index contributed by atoms with van der Waals surface area (Å²) < 4.78 is 3.23. The Balaban J connectivity index is 1.60. The summed E-state index contributed by atoms with van der Waals surface area (Å²) in [5.41, 5.74) is 2.57. The van der Waals surface area contributed by atoms with E-state index in [-0.39, 0.29) is 17.9 Å². The predicted octanol–water partition coefficient (Wildman–Crippen LogP) is 1.50. The van der Waals surface area contributed by atoms with Gasteiger partial charge in [-0.1, -0.05) is 18.2 Å². The predicted molar refractivity (Wildman–Crippen MR) is 100 cm³/mol. The van der Waals surface area contributed by atoms with E-state index in [9.17, 15) is 9.59 Å². The molecule has 26 heavy (non-hydrogen) atoms. The minimum atomic E-state index is -0.158. The summed E-state index contributed by atoms with van der Waals surface area (Å²) in [4.78, 5) is 24.4. The minimum absolute atomic E-state index is 0.102. The van der Waals surface area contributed by atoms with E-state index in [1.807, 2.05) is 42.8 Å². The molecule has 1 aromatic carbocycles. The van der Waals surface area contributed by atoms with Crippen LogP contribution in [0.2, 0.25) is 0 Å². The van der Waals surface area contributed by atoms with Gasteiger partial charge in [0.15, 0.2) is 0 Å². The zero-order valence-electron chi connectivity index (χ0n) is 15.3. The van der Waals surface area contributed by atoms with Crippen molar-refractivity contribution in [2.75, 3.05) is 6.54 Å². The van der Waals surface area contributed by atoms with Crippen molar-refractivity contribution in [3.8, 4) is 0 Å². The van der Waals surface area contributed by atoms with E-state index in [0.717, 1.165) is 29.7 Å². The van der Waals surface area contributed by atoms with Gasteiger partial charge >= 0.3 is 0 Å². The van der Waals surface area contributed by atoms with Crippen molar-refractivity contribution >= 4 is 16.7 Å². The maximum atomic E-state index is 12.3. The molecule has 1 N–H and O–H groups in total. The van der Waals surface area contributed by atoms with Crippen LogP contribution in [-0.2, 0) is 24.8 Å². The summed E-state index contributed by atoms with van der Waals surface area (Å²) in [6.07, 6.45) is 0.948. The second-order valence-electron chi connectivity index (χ2n) is 6.45. The van der Waals surface area contributed by atoms with Gasteiger partial charge < -0.3 is 5.32 Å². The molecule has 0 aliphatic carbocycles. The van der Waals surface area contributed by atoms with E-state index < -0.39 is 0 Å². The quantitative estimate of drug-likeness (QED) is 0.681. The van der Waals surface area contributed by atoms with Crippen LogP contribution in [0, 0.1) is 13.8 Å². The molecule has 7 nitrogen and oxygen atoms in total. The third-order valence-electron chi connectivity index (χ3n) is 4.33. The Labute approximate surface area is 151 Å². The van der Waals surface area contributed by atoms with Crippen molar-refractivity contribution in [2.45, 2.75) is 33.2 Å². The number of carbonyl (C=O) groups excluding carboxylic acids is 1. The van der Waals surface area contributed by atoms with E-state index in [2.05, 4.69) is 15.5 Å². The molecule has 0 unspecified atom stereocenters. The lowest BCUT2D eigenvalue weighted by Crippen LogP contribution is -2.29. The molecule has 0 fully saturated rings. The standard InChI is InChI=1S/C19H23N5O2/c1-13-11-14(2)24(21-13)10-6-9-20-18(25)12-17-15-7-4-5-8-16(15)19(26)23(3)22-17/h4-5,7-8,11H,6,9-10,12H2,1-3H3,(H,20,25). The zero-order valence-corrected chi connectivity index (χ0v) is 15.3. The van der Waals surface area contributed by atoms with Gasteiger partial charge in [0.25, 0.3) is 5.56 Å². The van der Waals surface area contributed by atoms with Gasteiger partial charge in [0.2, 0.25) is 5.91 Å². The number of rotatable bonds is 6. The van der Waals surface area contributed by atoms with Gasteiger partial charge in [0, 0.05) is 31.2 Å². The van der Waals surface area contributed by atoms with E-state index >= 15 is 0 Å². The molecule has 7 heteroatoms. The topological polar surface area (TPSA) is 81.8 Å². The Morgan fingerprint density at radius 3 is 2.58 bits per heavy atom. The molecule has 3 rings (SSSR count). The molecule has 0 saturated carbocycles. The van der Waals surface area contributed by atoms with Crippen molar-refractivity contribution in [1.82, 2.24) is 24.9 Å². The number of hydrogen-bond acceptors (Lipinski definition) is 4. The first-order chi connectivity index (χ1) is 12.5. The summed E-state index contributed by atoms with van der Waals surface area (Å²) in [5.74, 6) is -0.102. The van der Waals surface area contributed by atoms with Crippen molar-refractivity contribution in [1.29, 1.82) is 0 Å². The van der Waals surface area contributed by atoms with Crippen molar-refractivity contribution < 1.29 is 4.79 Å². The van der Waals surface area contributed by atoms with Gasteiger partial charge in [0.1, 0.15) is 0 Å². The number of hydrogen-bond donors (Lipinski definition) is 1. The summed E-state index contributed by atoms with van der Waals surface area (Å²) in [6.45, 7) is 5.33. The SMILES string of the molecule is Cc1cc(C)n(CCCNC(=O)Cc2nn(C)c(=O)c3ccccc23)n1. The average Bonchev–Trinajstić information content (AvgIpc) is 2.94. The number of nitrogens with zero attached hydrogens (tertiary/aromatic N) is 4. The third kappa shape index (κ3) is 3.82. The van der Waals surface area contributed by atoms with Gasteiger partial charge in [-0.2, -0.15) is 10.2 Å². The van der Waals surface area contributed by atoms with Crippen LogP contribution in [-0.4, -0.2) is 32.0 Å². The fourth-order valence-electron chi connectivity index (χ4n) is 3.08. The molecule has 0 bridgehead atoms. The molecule has 2 heterocycles. The van der Waals surface area contributed by atoms with E-state index in [1.165, 1.54) is 4.68 Å². The minimum Gasteiger partial charge on any atom is -0.356 e. The van der Waals surface area contributed by atoms with Gasteiger partial charge in [-0.25, -0.2) is 4.68 Å². The highest BCUT2D eigenvalue weighted by Crippen LogP contribution is 2.13. The summed E-state index contributed by atoms with van der Waals surface area (Å²) in [7, 11) is 1.60. The fourth-order valence-corrected chi connectivity index (χ4v) is 3.08. The number of aromatic nitrogens is 4. The highest BCUT2D eigenvalue weighted by atomic mass is 16.1. The number of benzene rings is 1. The van der Waals surface area contributed by atoms with Gasteiger partial charge in [-0.15, -0.1) is 0 Å². The van der Waals surface area contributed by atoms with Crippen LogP contribution in [0.3, 0.4) is 0 Å². The zero-order chi connectivity index (χ0) is 18.7. The van der Waals surface area contributed by atoms with E-state index in [1.54, 1.807) is 13.1 Å². The molecule has 0 spiro atoms. The molecule has 1 amide bonds. The number of aryl methyl sites for hydroxylation is 4. The lowest BCUT2D eigenvalue weighted by Gasteiger charge is -2.09. The van der Waals surface area contributed by atoms with Crippen LogP contribution in [0.5, 0.6) is 0 Å². The number of fused-ring (bicyclic) bond motifs is 1. The monoisotopic (exact) mass is 353 g/mol. The van der Waals surface area contributed by atoms with Crippen molar-refractivity contribution in [2.24, 2.45) is 7.05 Å². The van der Waals surface area contributed by atoms with Crippen LogP contribution >= 0.6 is 0 Å². The van der Waals surface area contributed by atoms with Crippen molar-refractivity contribution in [3.63, 3.8) is 0 Å². The molecular weight excluding hydrogens is 330 g/mol. The van der Waals surface area contributed by atoms with Gasteiger partial charge in [0.05, 0.1) is 23.2 Å². The lowest BCUT2D eigenvalue weighted by atomic mass is 10.1. The summed E-state index contributed by atoms with van der Waals surface area (Å²) in [6, 6.07) is 9.28.